The minimum atomic E-state index is -0.159. The molecule has 0 aliphatic heterocycles. The number of nitrogens with two attached hydrogens (primary N) is 1. The van der Waals surface area contributed by atoms with Gasteiger partial charge in [-0.25, -0.2) is 4.98 Å². The highest BCUT2D eigenvalue weighted by Gasteiger charge is 2.21. The summed E-state index contributed by atoms with van der Waals surface area (Å²) in [5.41, 5.74) is 13.2. The molecule has 0 bridgehead atoms. The first kappa shape index (κ1) is 21.8. The van der Waals surface area contributed by atoms with E-state index in [1.165, 1.54) is 5.56 Å². The summed E-state index contributed by atoms with van der Waals surface area (Å²) >= 11 is 3.65. The second-order valence-electron chi connectivity index (χ2n) is 7.91. The van der Waals surface area contributed by atoms with Crippen molar-refractivity contribution in [2.45, 2.75) is 26.8 Å². The Kier molecular flexibility index (Phi) is 6.42. The van der Waals surface area contributed by atoms with Crippen molar-refractivity contribution in [3.05, 3.63) is 99.7 Å². The second kappa shape index (κ2) is 9.40. The molecule has 3 aromatic carbocycles. The Morgan fingerprint density at radius 3 is 2.25 bits per heavy atom. The van der Waals surface area contributed by atoms with E-state index >= 15 is 0 Å². The van der Waals surface area contributed by atoms with E-state index < -0.39 is 0 Å². The highest BCUT2D eigenvalue weighted by atomic mass is 79.9. The maximum absolute atomic E-state index is 12.9. The lowest BCUT2D eigenvalue weighted by Gasteiger charge is -2.13. The SMILES string of the molecule is Cc1ccc(Cc2nc(N)n(CC(=O)Nc3ccc(C)cc3)c2-c2ccccc2Br)cc1. The molecule has 0 aliphatic rings. The van der Waals surface area contributed by atoms with E-state index in [9.17, 15) is 4.79 Å². The Bertz CT molecular complexity index is 1240. The van der Waals surface area contributed by atoms with Gasteiger partial charge in [-0.3, -0.25) is 4.79 Å². The van der Waals surface area contributed by atoms with E-state index in [4.69, 9.17) is 5.73 Å². The van der Waals surface area contributed by atoms with Gasteiger partial charge in [-0.1, -0.05) is 81.7 Å². The van der Waals surface area contributed by atoms with E-state index in [1.54, 1.807) is 4.57 Å². The smallest absolute Gasteiger partial charge is 0.244 e. The van der Waals surface area contributed by atoms with Crippen molar-refractivity contribution in [1.82, 2.24) is 9.55 Å². The quantitative estimate of drug-likeness (QED) is 0.363. The standard InChI is InChI=1S/C26H25BrN4O/c1-17-7-11-19(12-8-17)15-23-25(21-5-3-4-6-22(21)27)31(26(28)30-23)16-24(32)29-20-13-9-18(2)10-14-20/h3-14H,15-16H2,1-2H3,(H2,28,30)(H,29,32). The lowest BCUT2D eigenvalue weighted by molar-refractivity contribution is -0.116. The average molecular weight is 489 g/mol. The van der Waals surface area contributed by atoms with Crippen molar-refractivity contribution in [2.75, 3.05) is 11.1 Å². The Balaban J connectivity index is 1.70. The van der Waals surface area contributed by atoms with Crippen LogP contribution in [-0.4, -0.2) is 15.5 Å². The third-order valence-corrected chi connectivity index (χ3v) is 6.02. The van der Waals surface area contributed by atoms with Gasteiger partial charge in [0, 0.05) is 22.1 Å². The van der Waals surface area contributed by atoms with Crippen LogP contribution in [0.3, 0.4) is 0 Å². The number of nitrogen functional groups attached to an aromatic ring is 1. The van der Waals surface area contributed by atoms with Gasteiger partial charge in [-0.05, 0) is 37.6 Å². The molecule has 0 spiro atoms. The summed E-state index contributed by atoms with van der Waals surface area (Å²) < 4.78 is 2.71. The van der Waals surface area contributed by atoms with Gasteiger partial charge < -0.3 is 15.6 Å². The van der Waals surface area contributed by atoms with Crippen LogP contribution in [0.1, 0.15) is 22.4 Å². The third kappa shape index (κ3) is 4.92. The van der Waals surface area contributed by atoms with Crippen LogP contribution in [0.5, 0.6) is 0 Å². The number of aryl methyl sites for hydroxylation is 2. The largest absolute Gasteiger partial charge is 0.369 e. The summed E-state index contributed by atoms with van der Waals surface area (Å²) in [5.74, 6) is 0.157. The first-order valence-corrected chi connectivity index (χ1v) is 11.2. The predicted molar refractivity (Wildman–Crippen MR) is 134 cm³/mol. The van der Waals surface area contributed by atoms with Crippen LogP contribution in [0.2, 0.25) is 0 Å². The van der Waals surface area contributed by atoms with Crippen LogP contribution >= 0.6 is 15.9 Å². The monoisotopic (exact) mass is 488 g/mol. The fraction of sp³-hybridized carbons (Fsp3) is 0.154. The van der Waals surface area contributed by atoms with Crippen molar-refractivity contribution in [3.63, 3.8) is 0 Å². The normalized spacial score (nSPS) is 10.8. The zero-order chi connectivity index (χ0) is 22.7. The Morgan fingerprint density at radius 2 is 1.59 bits per heavy atom. The number of aromatic nitrogens is 2. The first-order valence-electron chi connectivity index (χ1n) is 10.4. The molecule has 162 valence electrons. The summed E-state index contributed by atoms with van der Waals surface area (Å²) in [4.78, 5) is 17.5. The van der Waals surface area contributed by atoms with Crippen molar-refractivity contribution in [1.29, 1.82) is 0 Å². The maximum atomic E-state index is 12.9. The number of benzene rings is 3. The highest BCUT2D eigenvalue weighted by Crippen LogP contribution is 2.33. The van der Waals surface area contributed by atoms with Gasteiger partial charge in [0.1, 0.15) is 6.54 Å². The Hall–Kier alpha value is -3.38. The minimum Gasteiger partial charge on any atom is -0.369 e. The van der Waals surface area contributed by atoms with Crippen LogP contribution in [0.25, 0.3) is 11.3 Å². The number of carbonyl (C=O) groups is 1. The lowest BCUT2D eigenvalue weighted by Crippen LogP contribution is -2.20. The van der Waals surface area contributed by atoms with Crippen LogP contribution < -0.4 is 11.1 Å². The molecule has 6 heteroatoms. The van der Waals surface area contributed by atoms with Crippen LogP contribution in [0.4, 0.5) is 11.6 Å². The summed E-state index contributed by atoms with van der Waals surface area (Å²) in [6.45, 7) is 4.14. The van der Waals surface area contributed by atoms with E-state index in [2.05, 4.69) is 57.4 Å². The number of hydrogen-bond donors (Lipinski definition) is 2. The molecule has 0 fully saturated rings. The van der Waals surface area contributed by atoms with Crippen LogP contribution in [0, 0.1) is 13.8 Å². The molecule has 0 atom stereocenters. The van der Waals surface area contributed by atoms with Crippen LogP contribution in [-0.2, 0) is 17.8 Å². The molecule has 0 saturated carbocycles. The topological polar surface area (TPSA) is 72.9 Å². The number of nitrogens with one attached hydrogen (secondary N) is 1. The van der Waals surface area contributed by atoms with Crippen molar-refractivity contribution in [3.8, 4) is 11.3 Å². The van der Waals surface area contributed by atoms with Gasteiger partial charge in [-0.2, -0.15) is 0 Å². The molecular formula is C26H25BrN4O. The molecule has 32 heavy (non-hydrogen) atoms. The Labute approximate surface area is 196 Å². The highest BCUT2D eigenvalue weighted by molar-refractivity contribution is 9.10. The molecule has 1 amide bonds. The number of amides is 1. The van der Waals surface area contributed by atoms with E-state index in [-0.39, 0.29) is 12.5 Å². The van der Waals surface area contributed by atoms with Crippen molar-refractivity contribution >= 4 is 33.5 Å². The van der Waals surface area contributed by atoms with Gasteiger partial charge in [-0.15, -0.1) is 0 Å². The molecule has 0 saturated heterocycles. The number of hydrogen-bond acceptors (Lipinski definition) is 3. The van der Waals surface area contributed by atoms with E-state index in [1.807, 2.05) is 55.5 Å². The molecule has 5 nitrogen and oxygen atoms in total. The van der Waals surface area contributed by atoms with Gasteiger partial charge in [0.25, 0.3) is 0 Å². The summed E-state index contributed by atoms with van der Waals surface area (Å²) in [7, 11) is 0. The van der Waals surface area contributed by atoms with Gasteiger partial charge >= 0.3 is 0 Å². The van der Waals surface area contributed by atoms with Crippen LogP contribution in [0.15, 0.2) is 77.3 Å². The molecule has 0 unspecified atom stereocenters. The number of anilines is 2. The third-order valence-electron chi connectivity index (χ3n) is 5.33. The summed E-state index contributed by atoms with van der Waals surface area (Å²) in [6.07, 6.45) is 0.619. The number of carbonyl (C=O) groups excluding carboxylic acids is 1. The predicted octanol–water partition coefficient (Wildman–Crippen LogP) is 5.74. The molecule has 4 rings (SSSR count). The summed E-state index contributed by atoms with van der Waals surface area (Å²) in [6, 6.07) is 24.0. The fourth-order valence-corrected chi connectivity index (χ4v) is 4.11. The molecule has 3 N–H and O–H groups in total. The fourth-order valence-electron chi connectivity index (χ4n) is 3.64. The number of rotatable bonds is 6. The Morgan fingerprint density at radius 1 is 0.969 bits per heavy atom. The zero-order valence-electron chi connectivity index (χ0n) is 18.1. The van der Waals surface area contributed by atoms with Gasteiger partial charge in [0.05, 0.1) is 11.4 Å². The molecule has 0 radical (unpaired) electrons. The van der Waals surface area contributed by atoms with Gasteiger partial charge in [0.15, 0.2) is 0 Å². The lowest BCUT2D eigenvalue weighted by atomic mass is 10.0. The molecule has 0 aliphatic carbocycles. The van der Waals surface area contributed by atoms with Crippen molar-refractivity contribution < 1.29 is 4.79 Å². The molecular weight excluding hydrogens is 464 g/mol. The average Bonchev–Trinajstić information content (AvgIpc) is 3.06. The number of imidazole rings is 1. The molecule has 4 aromatic rings. The maximum Gasteiger partial charge on any atom is 0.244 e. The minimum absolute atomic E-state index is 0.0667. The van der Waals surface area contributed by atoms with Gasteiger partial charge in [0.2, 0.25) is 11.9 Å². The number of halogens is 1. The molecule has 1 heterocycles. The van der Waals surface area contributed by atoms with Crippen molar-refractivity contribution in [2.24, 2.45) is 0 Å². The number of nitrogens with zero attached hydrogens (tertiary/aromatic N) is 2. The first-order chi connectivity index (χ1) is 15.4. The zero-order valence-corrected chi connectivity index (χ0v) is 19.7. The second-order valence-corrected chi connectivity index (χ2v) is 8.76. The molecule has 1 aromatic heterocycles. The van der Waals surface area contributed by atoms with E-state index in [0.717, 1.165) is 38.2 Å². The summed E-state index contributed by atoms with van der Waals surface area (Å²) in [5, 5.41) is 2.95. The van der Waals surface area contributed by atoms with E-state index in [0.29, 0.717) is 12.4 Å².